The van der Waals surface area contributed by atoms with Crippen molar-refractivity contribution in [1.82, 2.24) is 0 Å². The van der Waals surface area contributed by atoms with Crippen LogP contribution >= 0.6 is 23.1 Å². The van der Waals surface area contributed by atoms with E-state index in [1.54, 1.807) is 0 Å². The second kappa shape index (κ2) is 13.2. The molecule has 0 saturated heterocycles. The highest BCUT2D eigenvalue weighted by atomic mass is 32.2. The van der Waals surface area contributed by atoms with Gasteiger partial charge >= 0.3 is 0 Å². The maximum absolute atomic E-state index is 2.70. The van der Waals surface area contributed by atoms with Crippen LogP contribution in [0.5, 0.6) is 0 Å². The van der Waals surface area contributed by atoms with Gasteiger partial charge in [-0.2, -0.15) is 0 Å². The lowest BCUT2D eigenvalue weighted by atomic mass is 9.36. The summed E-state index contributed by atoms with van der Waals surface area (Å²) in [6.07, 6.45) is 2.38. The molecule has 4 aliphatic rings. The molecule has 63 heavy (non-hydrogen) atoms. The molecule has 3 aliphatic heterocycles. The molecule has 0 atom stereocenters. The summed E-state index contributed by atoms with van der Waals surface area (Å²) >= 11 is 3.95. The molecule has 1 aromatic heterocycles. The molecule has 8 aromatic rings. The van der Waals surface area contributed by atoms with Crippen molar-refractivity contribution in [2.45, 2.75) is 114 Å². The van der Waals surface area contributed by atoms with Gasteiger partial charge in [-0.3, -0.25) is 0 Å². The minimum absolute atomic E-state index is 0.0145. The molecule has 0 spiro atoms. The smallest absolute Gasteiger partial charge is 0.264 e. The van der Waals surface area contributed by atoms with Crippen molar-refractivity contribution in [3.63, 3.8) is 0 Å². The zero-order valence-corrected chi connectivity index (χ0v) is 40.0. The minimum atomic E-state index is -0.165. The molecule has 0 radical (unpaired) electrons. The number of anilines is 6. The Balaban J connectivity index is 1.21. The fourth-order valence-corrected chi connectivity index (χ4v) is 14.4. The molecule has 2 nitrogen and oxygen atoms in total. The van der Waals surface area contributed by atoms with Crippen LogP contribution in [0.4, 0.5) is 34.1 Å². The van der Waals surface area contributed by atoms with E-state index in [0.717, 1.165) is 0 Å². The Morgan fingerprint density at radius 3 is 2.08 bits per heavy atom. The molecule has 0 fully saturated rings. The van der Waals surface area contributed by atoms with Crippen molar-refractivity contribution < 1.29 is 0 Å². The second-order valence-corrected chi connectivity index (χ2v) is 23.9. The molecule has 0 unspecified atom stereocenters. The topological polar surface area (TPSA) is 6.48 Å². The summed E-state index contributed by atoms with van der Waals surface area (Å²) in [6.45, 7) is 24.1. The van der Waals surface area contributed by atoms with Crippen molar-refractivity contribution in [3.8, 4) is 0 Å². The third-order valence-electron chi connectivity index (χ3n) is 15.3. The number of rotatable bonds is 2. The summed E-state index contributed by atoms with van der Waals surface area (Å²) < 4.78 is 2.79. The van der Waals surface area contributed by atoms with Crippen LogP contribution in [0.2, 0.25) is 0 Å². The number of thiophene rings is 1. The van der Waals surface area contributed by atoms with Gasteiger partial charge in [0, 0.05) is 58.2 Å². The average Bonchev–Trinajstić information content (AvgIpc) is 3.63. The lowest BCUT2D eigenvalue weighted by Gasteiger charge is -2.46. The molecule has 0 amide bonds. The van der Waals surface area contributed by atoms with Crippen molar-refractivity contribution >= 4 is 100 Å². The van der Waals surface area contributed by atoms with Gasteiger partial charge in [-0.25, -0.2) is 0 Å². The van der Waals surface area contributed by atoms with Gasteiger partial charge in [0.05, 0.1) is 11.4 Å². The van der Waals surface area contributed by atoms with Gasteiger partial charge in [-0.15, -0.1) is 11.3 Å². The van der Waals surface area contributed by atoms with Crippen LogP contribution in [0.25, 0.3) is 20.9 Å². The maximum Gasteiger partial charge on any atom is 0.264 e. The van der Waals surface area contributed by atoms with Crippen molar-refractivity contribution in [2.75, 3.05) is 9.80 Å². The molecule has 4 heterocycles. The number of fused-ring (bicyclic) bond motifs is 10. The highest BCUT2D eigenvalue weighted by Gasteiger charge is 2.48. The van der Waals surface area contributed by atoms with E-state index < -0.39 is 0 Å². The summed E-state index contributed by atoms with van der Waals surface area (Å²) in [6, 6.07) is 49.9. The van der Waals surface area contributed by atoms with Crippen LogP contribution in [-0.2, 0) is 21.7 Å². The largest absolute Gasteiger partial charge is 0.311 e. The standard InChI is InChI=1S/C58H55BN2S2/c1-34-28-47-52-48(29-34)61(45-20-15-17-35-16-11-12-18-38(35)45)46-33-51-43(58(9,10)41-19-13-14-21-50(41)62-51)32-44(46)59(52)54-53(39-30-36(55(2,3)4)22-25-49(39)63-54)60(47)37-23-24-40-42(31-37)57(7,8)27-26-56(40,5)6/h11-25,28-33H,26-27H2,1-10H3. The third-order valence-corrected chi connectivity index (χ3v) is 17.7. The van der Waals surface area contributed by atoms with E-state index in [1.807, 2.05) is 23.1 Å². The highest BCUT2D eigenvalue weighted by Crippen LogP contribution is 2.55. The molecule has 0 bridgehead atoms. The Kier molecular flexibility index (Phi) is 8.23. The molecule has 0 N–H and O–H groups in total. The molecule has 0 saturated carbocycles. The van der Waals surface area contributed by atoms with Crippen LogP contribution in [0, 0.1) is 6.92 Å². The van der Waals surface area contributed by atoms with Crippen LogP contribution in [0.15, 0.2) is 137 Å². The number of hydrogen-bond acceptors (Lipinski definition) is 4. The van der Waals surface area contributed by atoms with Crippen molar-refractivity contribution in [2.24, 2.45) is 0 Å². The highest BCUT2D eigenvalue weighted by molar-refractivity contribution is 7.99. The Labute approximate surface area is 382 Å². The summed E-state index contributed by atoms with van der Waals surface area (Å²) in [5, 5.41) is 3.87. The van der Waals surface area contributed by atoms with Gasteiger partial charge in [0.15, 0.2) is 0 Å². The number of nitrogens with zero attached hydrogens (tertiary/aromatic N) is 2. The van der Waals surface area contributed by atoms with Crippen LogP contribution < -0.4 is 25.5 Å². The van der Waals surface area contributed by atoms with E-state index in [9.17, 15) is 0 Å². The Morgan fingerprint density at radius 2 is 1.29 bits per heavy atom. The maximum atomic E-state index is 2.70. The predicted molar refractivity (Wildman–Crippen MR) is 275 cm³/mol. The molecule has 12 rings (SSSR count). The summed E-state index contributed by atoms with van der Waals surface area (Å²) in [7, 11) is 0. The molecule has 312 valence electrons. The zero-order valence-electron chi connectivity index (χ0n) is 38.3. The van der Waals surface area contributed by atoms with Gasteiger partial charge in [0.2, 0.25) is 0 Å². The molecule has 1 aliphatic carbocycles. The van der Waals surface area contributed by atoms with Gasteiger partial charge in [-0.1, -0.05) is 147 Å². The van der Waals surface area contributed by atoms with E-state index in [4.69, 9.17) is 0 Å². The van der Waals surface area contributed by atoms with Gasteiger partial charge in [0.1, 0.15) is 0 Å². The number of benzene rings is 7. The monoisotopic (exact) mass is 854 g/mol. The SMILES string of the molecule is Cc1cc2c3c(c1)N(c1ccc4c(c1)C(C)(C)CCC4(C)C)c1c(sc4ccc(C(C)(C)C)cc14)B3c1cc3c(cc1N2c1cccc2ccccc12)Sc1ccccc1C3(C)C. The fraction of sp³-hybridized carbons (Fsp3) is 0.276. The van der Waals surface area contributed by atoms with E-state index in [2.05, 4.69) is 206 Å². The second-order valence-electron chi connectivity index (χ2n) is 21.7. The molecular formula is C58H55BN2S2. The first kappa shape index (κ1) is 39.4. The van der Waals surface area contributed by atoms with E-state index >= 15 is 0 Å². The van der Waals surface area contributed by atoms with Crippen molar-refractivity contribution in [1.29, 1.82) is 0 Å². The minimum Gasteiger partial charge on any atom is -0.311 e. The van der Waals surface area contributed by atoms with Crippen LogP contribution in [0.3, 0.4) is 0 Å². The quantitative estimate of drug-likeness (QED) is 0.160. The fourth-order valence-electron chi connectivity index (χ4n) is 11.7. The normalized spacial score (nSPS) is 17.5. The van der Waals surface area contributed by atoms with Gasteiger partial charge in [0.25, 0.3) is 6.71 Å². The Bertz CT molecular complexity index is 3260. The summed E-state index contributed by atoms with van der Waals surface area (Å²) in [5.41, 5.74) is 19.0. The first-order valence-corrected chi connectivity index (χ1v) is 24.5. The lowest BCUT2D eigenvalue weighted by Crippen LogP contribution is -2.60. The van der Waals surface area contributed by atoms with Gasteiger partial charge in [-0.05, 0) is 140 Å². The first-order chi connectivity index (χ1) is 30.0. The number of aryl methyl sites for hydroxylation is 1. The molecular weight excluding hydrogens is 800 g/mol. The average molecular weight is 855 g/mol. The van der Waals surface area contributed by atoms with E-state index in [0.29, 0.717) is 0 Å². The Hall–Kier alpha value is -5.23. The first-order valence-electron chi connectivity index (χ1n) is 22.9. The third kappa shape index (κ3) is 5.64. The molecule has 7 aromatic carbocycles. The summed E-state index contributed by atoms with van der Waals surface area (Å²) in [5.74, 6) is 0. The lowest BCUT2D eigenvalue weighted by molar-refractivity contribution is 0.332. The molecule has 5 heteroatoms. The predicted octanol–water partition coefficient (Wildman–Crippen LogP) is 14.9. The van der Waals surface area contributed by atoms with Gasteiger partial charge < -0.3 is 9.80 Å². The number of hydrogen-bond donors (Lipinski definition) is 0. The van der Waals surface area contributed by atoms with Crippen molar-refractivity contribution in [3.05, 3.63) is 161 Å². The summed E-state index contributed by atoms with van der Waals surface area (Å²) in [4.78, 5) is 8.04. The van der Waals surface area contributed by atoms with E-state index in [-0.39, 0.29) is 28.4 Å². The van der Waals surface area contributed by atoms with E-state index in [1.165, 1.54) is 127 Å². The van der Waals surface area contributed by atoms with Crippen LogP contribution in [-0.4, -0.2) is 6.71 Å². The zero-order chi connectivity index (χ0) is 43.5. The van der Waals surface area contributed by atoms with Crippen LogP contribution in [0.1, 0.15) is 109 Å². The Morgan fingerprint density at radius 1 is 0.571 bits per heavy atom.